The fraction of sp³-hybridized carbons (Fsp3) is 0.694. The second-order valence-corrected chi connectivity index (χ2v) is 17.1. The summed E-state index contributed by atoms with van der Waals surface area (Å²) in [5, 5.41) is 0. The largest absolute Gasteiger partial charge is 1.00 e. The predicted octanol–water partition coefficient (Wildman–Crippen LogP) is 6.69. The van der Waals surface area contributed by atoms with Crippen molar-refractivity contribution in [1.29, 1.82) is 0 Å². The van der Waals surface area contributed by atoms with Gasteiger partial charge in [-0.05, 0) is 93.3 Å². The Morgan fingerprint density at radius 2 is 0.893 bits per heavy atom. The number of piperazine rings is 3. The summed E-state index contributed by atoms with van der Waals surface area (Å²) in [6, 6.07) is 0. The molecule has 0 unspecified atom stereocenters. The Balaban J connectivity index is 0.000000729. The van der Waals surface area contributed by atoms with E-state index in [2.05, 4.69) is 129 Å². The average molecular weight is 767 g/mol. The SMILES string of the molecule is C=CC(=C)CC/C=C(\C)CN1CCN(C)CC1.[CH2-]/C(=C/CC/C(=C/CCCCC)CC/C=C(\C)CN1CCN(C)CC1)CC/C=C(\C)CN1CCN(C)CC1.[Li+]. The van der Waals surface area contributed by atoms with Gasteiger partial charge in [-0.2, -0.15) is 0 Å². The van der Waals surface area contributed by atoms with Gasteiger partial charge in [0.05, 0.1) is 0 Å². The molecule has 3 heterocycles. The molecule has 3 aliphatic heterocycles. The van der Waals surface area contributed by atoms with E-state index in [1.165, 1.54) is 146 Å². The molecule has 0 bridgehead atoms. The van der Waals surface area contributed by atoms with Crippen LogP contribution in [0, 0.1) is 6.92 Å². The van der Waals surface area contributed by atoms with E-state index < -0.39 is 0 Å². The maximum atomic E-state index is 4.37. The number of rotatable bonds is 23. The molecule has 0 spiro atoms. The van der Waals surface area contributed by atoms with E-state index in [1.54, 1.807) is 5.57 Å². The molecule has 0 aliphatic carbocycles. The molecule has 56 heavy (non-hydrogen) atoms. The van der Waals surface area contributed by atoms with Gasteiger partial charge >= 0.3 is 18.9 Å². The van der Waals surface area contributed by atoms with Gasteiger partial charge in [0.1, 0.15) is 0 Å². The third-order valence-electron chi connectivity index (χ3n) is 11.5. The average Bonchev–Trinajstić information content (AvgIpc) is 3.16. The Kier molecular flexibility index (Phi) is 30.2. The number of likely N-dealkylation sites (N-methyl/N-ethyl adjacent to an activating group) is 3. The molecule has 314 valence electrons. The van der Waals surface area contributed by atoms with Crippen LogP contribution in [0.25, 0.3) is 0 Å². The van der Waals surface area contributed by atoms with Gasteiger partial charge < -0.3 is 14.7 Å². The molecular formula is C49H87LiN6. The molecule has 0 aromatic rings. The molecule has 3 saturated heterocycles. The molecule has 6 nitrogen and oxygen atoms in total. The first-order valence-electron chi connectivity index (χ1n) is 22.2. The fourth-order valence-corrected chi connectivity index (χ4v) is 7.48. The number of allylic oxidation sites excluding steroid dienone is 9. The molecule has 3 rings (SSSR count). The molecule has 0 aromatic carbocycles. The number of hydrogen-bond acceptors (Lipinski definition) is 6. The maximum Gasteiger partial charge on any atom is 1.00 e. The van der Waals surface area contributed by atoms with Crippen molar-refractivity contribution in [3.8, 4) is 0 Å². The van der Waals surface area contributed by atoms with E-state index in [4.69, 9.17) is 0 Å². The van der Waals surface area contributed by atoms with Crippen LogP contribution in [0.5, 0.6) is 0 Å². The zero-order valence-electron chi connectivity index (χ0n) is 38.4. The van der Waals surface area contributed by atoms with Crippen molar-refractivity contribution in [2.45, 2.75) is 105 Å². The van der Waals surface area contributed by atoms with Crippen LogP contribution in [0.1, 0.15) is 105 Å². The number of nitrogens with zero attached hydrogens (tertiary/aromatic N) is 6. The molecular weight excluding hydrogens is 680 g/mol. The monoisotopic (exact) mass is 767 g/mol. The summed E-state index contributed by atoms with van der Waals surface area (Å²) < 4.78 is 0. The third-order valence-corrected chi connectivity index (χ3v) is 11.5. The van der Waals surface area contributed by atoms with E-state index in [1.807, 2.05) is 6.08 Å². The van der Waals surface area contributed by atoms with Crippen molar-refractivity contribution in [1.82, 2.24) is 29.4 Å². The predicted molar refractivity (Wildman–Crippen MR) is 245 cm³/mol. The van der Waals surface area contributed by atoms with Crippen LogP contribution >= 0.6 is 0 Å². The van der Waals surface area contributed by atoms with Gasteiger partial charge in [-0.1, -0.05) is 104 Å². The second-order valence-electron chi connectivity index (χ2n) is 17.1. The topological polar surface area (TPSA) is 19.4 Å². The first kappa shape index (κ1) is 52.4. The van der Waals surface area contributed by atoms with Crippen LogP contribution in [0.3, 0.4) is 0 Å². The van der Waals surface area contributed by atoms with Gasteiger partial charge in [0.15, 0.2) is 0 Å². The number of hydrogen-bond donors (Lipinski definition) is 0. The summed E-state index contributed by atoms with van der Waals surface area (Å²) in [4.78, 5) is 15.0. The minimum atomic E-state index is 0. The van der Waals surface area contributed by atoms with Crippen LogP contribution in [-0.4, -0.2) is 149 Å². The molecule has 0 atom stereocenters. The van der Waals surface area contributed by atoms with Gasteiger partial charge in [-0.25, -0.2) is 18.6 Å². The standard InChI is InChI=1S/C34H61N4.C15H26N2.Li/c1-7-8-9-10-18-34(20-13-17-33(4)30-38-27-23-36(6)24-28-38)19-12-15-31(2)14-11-16-32(3)29-37-25-21-35(5)22-26-37;1-5-14(2)7-6-8-15(3)13-17-11-9-16(4)10-12-17;/h15-18H,2,7-14,19-30H2,1,3-6H3;5,8H,1-2,6-7,9-13H2,3-4H3;/q-1;;+1/b31-15-,32-16+,33-17+,34-18-;15-8+;. The molecule has 3 fully saturated rings. The summed E-state index contributed by atoms with van der Waals surface area (Å²) in [5.74, 6) is 0. The fourth-order valence-electron chi connectivity index (χ4n) is 7.48. The van der Waals surface area contributed by atoms with Gasteiger partial charge in [0, 0.05) is 98.2 Å². The Labute approximate surface area is 360 Å². The summed E-state index contributed by atoms with van der Waals surface area (Å²) in [6.45, 7) is 38.9. The minimum absolute atomic E-state index is 0. The van der Waals surface area contributed by atoms with Gasteiger partial charge in [0.25, 0.3) is 0 Å². The zero-order chi connectivity index (χ0) is 40.3. The van der Waals surface area contributed by atoms with E-state index in [9.17, 15) is 0 Å². The summed E-state index contributed by atoms with van der Waals surface area (Å²) in [5.41, 5.74) is 8.62. The molecule has 0 aromatic heterocycles. The first-order valence-corrected chi connectivity index (χ1v) is 22.2. The van der Waals surface area contributed by atoms with Gasteiger partial charge in [-0.3, -0.25) is 14.7 Å². The Hall–Kier alpha value is -1.59. The molecule has 7 heteroatoms. The van der Waals surface area contributed by atoms with Crippen LogP contribution in [0.4, 0.5) is 0 Å². The van der Waals surface area contributed by atoms with E-state index >= 15 is 0 Å². The molecule has 0 saturated carbocycles. The normalized spacial score (nSPS) is 19.7. The molecule has 0 radical (unpaired) electrons. The summed E-state index contributed by atoms with van der Waals surface area (Å²) >= 11 is 0. The Bertz CT molecular complexity index is 1210. The van der Waals surface area contributed by atoms with Crippen LogP contribution in [0.15, 0.2) is 83.1 Å². The van der Waals surface area contributed by atoms with Crippen molar-refractivity contribution in [3.05, 3.63) is 90.0 Å². The Morgan fingerprint density at radius 1 is 0.518 bits per heavy atom. The summed E-state index contributed by atoms with van der Waals surface area (Å²) in [6.07, 6.45) is 28.3. The molecule has 3 aliphatic rings. The maximum absolute atomic E-state index is 4.37. The third kappa shape index (κ3) is 26.4. The van der Waals surface area contributed by atoms with Gasteiger partial charge in [0.2, 0.25) is 0 Å². The molecule has 0 amide bonds. The first-order chi connectivity index (χ1) is 26.5. The Morgan fingerprint density at radius 3 is 1.29 bits per heavy atom. The smallest absolute Gasteiger partial charge is 0.304 e. The minimum Gasteiger partial charge on any atom is -0.304 e. The van der Waals surface area contributed by atoms with Gasteiger partial charge in [-0.15, -0.1) is 0 Å². The zero-order valence-corrected chi connectivity index (χ0v) is 38.4. The second kappa shape index (κ2) is 32.3. The summed E-state index contributed by atoms with van der Waals surface area (Å²) in [7, 11) is 6.65. The van der Waals surface area contributed by atoms with E-state index in [0.717, 1.165) is 57.3 Å². The van der Waals surface area contributed by atoms with Crippen molar-refractivity contribution in [2.75, 3.05) is 119 Å². The van der Waals surface area contributed by atoms with E-state index in [-0.39, 0.29) is 18.9 Å². The quantitative estimate of drug-likeness (QED) is 0.0378. The van der Waals surface area contributed by atoms with Crippen molar-refractivity contribution in [3.63, 3.8) is 0 Å². The van der Waals surface area contributed by atoms with Crippen molar-refractivity contribution < 1.29 is 18.9 Å². The van der Waals surface area contributed by atoms with Crippen LogP contribution < -0.4 is 18.9 Å². The van der Waals surface area contributed by atoms with Crippen molar-refractivity contribution in [2.24, 2.45) is 0 Å². The number of unbranched alkanes of at least 4 members (excludes halogenated alkanes) is 3. The van der Waals surface area contributed by atoms with Crippen LogP contribution in [-0.2, 0) is 0 Å². The van der Waals surface area contributed by atoms with Crippen molar-refractivity contribution >= 4 is 0 Å². The molecule has 0 N–H and O–H groups in total. The van der Waals surface area contributed by atoms with E-state index in [0.29, 0.717) is 0 Å². The van der Waals surface area contributed by atoms with Crippen LogP contribution in [0.2, 0.25) is 0 Å².